The van der Waals surface area contributed by atoms with E-state index >= 15 is 0 Å². The third-order valence-electron chi connectivity index (χ3n) is 6.24. The number of fused-ring (bicyclic) bond motifs is 3. The molecule has 1 unspecified atom stereocenters. The molecule has 1 aromatic carbocycles. The van der Waals surface area contributed by atoms with Gasteiger partial charge < -0.3 is 14.9 Å². The predicted molar refractivity (Wildman–Crippen MR) is 111 cm³/mol. The number of rotatable bonds is 7. The lowest BCUT2D eigenvalue weighted by Gasteiger charge is -2.54. The van der Waals surface area contributed by atoms with Crippen molar-refractivity contribution >= 4 is 0 Å². The van der Waals surface area contributed by atoms with Gasteiger partial charge in [0.25, 0.3) is 0 Å². The minimum absolute atomic E-state index is 0.0794. The van der Waals surface area contributed by atoms with E-state index in [9.17, 15) is 5.11 Å². The highest BCUT2D eigenvalue weighted by atomic mass is 16.5. The van der Waals surface area contributed by atoms with E-state index in [0.29, 0.717) is 25.3 Å². The van der Waals surface area contributed by atoms with Crippen LogP contribution in [0.3, 0.4) is 0 Å². The molecule has 0 amide bonds. The normalized spacial score (nSPS) is 28.1. The molecule has 29 heavy (non-hydrogen) atoms. The largest absolute Gasteiger partial charge is 0.478 e. The number of pyridine rings is 1. The molecule has 1 aromatic heterocycles. The summed E-state index contributed by atoms with van der Waals surface area (Å²) in [6.07, 6.45) is 8.92. The first-order valence-electron chi connectivity index (χ1n) is 10.4. The Labute approximate surface area is 172 Å². The van der Waals surface area contributed by atoms with Crippen molar-refractivity contribution in [2.75, 3.05) is 26.3 Å². The molecule has 0 saturated carbocycles. The minimum atomic E-state index is -1.11. The molecule has 2 atom stereocenters. The molecule has 4 heterocycles. The van der Waals surface area contributed by atoms with Gasteiger partial charge >= 0.3 is 0 Å². The molecule has 3 saturated heterocycles. The Morgan fingerprint density at radius 1 is 1.17 bits per heavy atom. The number of aliphatic hydroxyl groups excluding tert-OH is 1. The maximum atomic E-state index is 12.0. The first-order valence-corrected chi connectivity index (χ1v) is 10.4. The van der Waals surface area contributed by atoms with Crippen LogP contribution in [0.5, 0.6) is 5.88 Å². The first-order chi connectivity index (χ1) is 14.2. The van der Waals surface area contributed by atoms with Gasteiger partial charge in [0, 0.05) is 31.1 Å². The average molecular weight is 392 g/mol. The lowest BCUT2D eigenvalue weighted by molar-refractivity contribution is -0.143. The van der Waals surface area contributed by atoms with Crippen molar-refractivity contribution in [1.82, 2.24) is 9.88 Å². The Morgan fingerprint density at radius 2 is 1.93 bits per heavy atom. The molecule has 152 valence electrons. The van der Waals surface area contributed by atoms with E-state index in [0.717, 1.165) is 42.8 Å². The number of terminal acetylenes is 1. The zero-order chi connectivity index (χ0) is 20.3. The zero-order valence-corrected chi connectivity index (χ0v) is 16.6. The monoisotopic (exact) mass is 392 g/mol. The highest BCUT2D eigenvalue weighted by Crippen LogP contribution is 2.47. The molecule has 3 aliphatic heterocycles. The Kier molecular flexibility index (Phi) is 5.86. The van der Waals surface area contributed by atoms with Crippen LogP contribution in [0.1, 0.15) is 36.1 Å². The van der Waals surface area contributed by atoms with Gasteiger partial charge in [0.05, 0.1) is 12.3 Å². The number of piperidine rings is 3. The quantitative estimate of drug-likeness (QED) is 0.559. The minimum Gasteiger partial charge on any atom is -0.478 e. The maximum absolute atomic E-state index is 12.0. The zero-order valence-electron chi connectivity index (χ0n) is 16.6. The van der Waals surface area contributed by atoms with Gasteiger partial charge in [-0.05, 0) is 43.5 Å². The lowest BCUT2D eigenvalue weighted by atomic mass is 9.66. The molecule has 0 aliphatic carbocycles. The van der Waals surface area contributed by atoms with Gasteiger partial charge in [0.1, 0.15) is 11.6 Å². The SMILES string of the molecule is C#CC1N2CCC(CC2)[C@@]1(O)c1ccc(OCCCO)nc1Cc1ccccc1. The van der Waals surface area contributed by atoms with Crippen LogP contribution in [0, 0.1) is 18.3 Å². The van der Waals surface area contributed by atoms with Gasteiger partial charge in [-0.3, -0.25) is 4.90 Å². The fraction of sp³-hybridized carbons (Fsp3) is 0.458. The van der Waals surface area contributed by atoms with Gasteiger partial charge in [0.15, 0.2) is 0 Å². The molecule has 5 nitrogen and oxygen atoms in total. The van der Waals surface area contributed by atoms with Crippen molar-refractivity contribution in [3.63, 3.8) is 0 Å². The van der Waals surface area contributed by atoms with Crippen molar-refractivity contribution in [3.05, 3.63) is 59.3 Å². The summed E-state index contributed by atoms with van der Waals surface area (Å²) in [4.78, 5) is 6.98. The second-order valence-corrected chi connectivity index (χ2v) is 7.94. The second-order valence-electron chi connectivity index (χ2n) is 7.94. The molecule has 0 spiro atoms. The number of aliphatic hydroxyl groups is 2. The summed E-state index contributed by atoms with van der Waals surface area (Å²) in [5.74, 6) is 3.50. The Balaban J connectivity index is 1.74. The summed E-state index contributed by atoms with van der Waals surface area (Å²) < 4.78 is 5.71. The van der Waals surface area contributed by atoms with Crippen LogP contribution in [0.15, 0.2) is 42.5 Å². The van der Waals surface area contributed by atoms with Gasteiger partial charge in [0.2, 0.25) is 5.88 Å². The fourth-order valence-electron chi connectivity index (χ4n) is 4.79. The van der Waals surface area contributed by atoms with E-state index in [1.54, 1.807) is 0 Å². The fourth-order valence-corrected chi connectivity index (χ4v) is 4.79. The van der Waals surface area contributed by atoms with Crippen molar-refractivity contribution in [1.29, 1.82) is 0 Å². The number of ether oxygens (including phenoxy) is 1. The van der Waals surface area contributed by atoms with Gasteiger partial charge in [-0.25, -0.2) is 4.98 Å². The number of aromatic nitrogens is 1. The van der Waals surface area contributed by atoms with E-state index in [1.807, 2.05) is 30.3 Å². The molecule has 5 heteroatoms. The molecular weight excluding hydrogens is 364 g/mol. The molecule has 2 aromatic rings. The van der Waals surface area contributed by atoms with Crippen LogP contribution in [-0.4, -0.2) is 52.4 Å². The smallest absolute Gasteiger partial charge is 0.213 e. The van der Waals surface area contributed by atoms with Crippen LogP contribution >= 0.6 is 0 Å². The lowest BCUT2D eigenvalue weighted by Crippen LogP contribution is -2.63. The molecule has 2 N–H and O–H groups in total. The van der Waals surface area contributed by atoms with Gasteiger partial charge in [-0.15, -0.1) is 6.42 Å². The molecule has 5 rings (SSSR count). The van der Waals surface area contributed by atoms with Crippen molar-refractivity contribution in [2.24, 2.45) is 5.92 Å². The third kappa shape index (κ3) is 3.76. The molecule has 2 bridgehead atoms. The summed E-state index contributed by atoms with van der Waals surface area (Å²) in [6, 6.07) is 13.5. The second kappa shape index (κ2) is 8.54. The van der Waals surface area contributed by atoms with Crippen molar-refractivity contribution in [3.8, 4) is 18.2 Å². The van der Waals surface area contributed by atoms with Crippen LogP contribution in [0.25, 0.3) is 0 Å². The first kappa shape index (κ1) is 19.9. The highest BCUT2D eigenvalue weighted by molar-refractivity contribution is 5.39. The van der Waals surface area contributed by atoms with E-state index < -0.39 is 5.60 Å². The number of hydrogen-bond acceptors (Lipinski definition) is 5. The molecule has 3 fully saturated rings. The topological polar surface area (TPSA) is 65.8 Å². The van der Waals surface area contributed by atoms with E-state index in [2.05, 4.69) is 23.0 Å². The van der Waals surface area contributed by atoms with Crippen LogP contribution in [0.4, 0.5) is 0 Å². The van der Waals surface area contributed by atoms with E-state index in [1.165, 1.54) is 0 Å². The van der Waals surface area contributed by atoms with Crippen molar-refractivity contribution in [2.45, 2.75) is 37.3 Å². The Hall–Kier alpha value is -2.39. The summed E-state index contributed by atoms with van der Waals surface area (Å²) in [6.45, 7) is 2.36. The summed E-state index contributed by atoms with van der Waals surface area (Å²) in [5, 5.41) is 21.0. The van der Waals surface area contributed by atoms with Crippen LogP contribution in [-0.2, 0) is 12.0 Å². The highest BCUT2D eigenvalue weighted by Gasteiger charge is 2.54. The van der Waals surface area contributed by atoms with Gasteiger partial charge in [-0.2, -0.15) is 0 Å². The van der Waals surface area contributed by atoms with Crippen LogP contribution in [0.2, 0.25) is 0 Å². The maximum Gasteiger partial charge on any atom is 0.213 e. The van der Waals surface area contributed by atoms with Crippen LogP contribution < -0.4 is 4.74 Å². The molecule has 3 aliphatic rings. The molecular formula is C24H28N2O3. The summed E-state index contributed by atoms with van der Waals surface area (Å²) in [7, 11) is 0. The van der Waals surface area contributed by atoms with E-state index in [4.69, 9.17) is 21.3 Å². The average Bonchev–Trinajstić information content (AvgIpc) is 2.75. The molecule has 0 radical (unpaired) electrons. The Morgan fingerprint density at radius 3 is 2.62 bits per heavy atom. The number of nitrogens with zero attached hydrogens (tertiary/aromatic N) is 2. The number of hydrogen-bond donors (Lipinski definition) is 2. The standard InChI is InChI=1S/C24H28N2O3/c1-2-22-24(28,19-11-13-26(22)14-12-19)20-9-10-23(29-16-6-15-27)25-21(20)17-18-7-4-3-5-8-18/h1,3-5,7-10,19,22,27-28H,6,11-17H2/t22?,24-/m1/s1. The number of benzene rings is 1. The third-order valence-corrected chi connectivity index (χ3v) is 6.24. The van der Waals surface area contributed by atoms with E-state index in [-0.39, 0.29) is 18.6 Å². The van der Waals surface area contributed by atoms with Gasteiger partial charge in [-0.1, -0.05) is 36.3 Å². The Bertz CT molecular complexity index is 871. The summed E-state index contributed by atoms with van der Waals surface area (Å²) >= 11 is 0. The predicted octanol–water partition coefficient (Wildman–Crippen LogP) is 2.35. The summed E-state index contributed by atoms with van der Waals surface area (Å²) in [5.41, 5.74) is 1.63. The van der Waals surface area contributed by atoms with Crippen molar-refractivity contribution < 1.29 is 14.9 Å².